The van der Waals surface area contributed by atoms with E-state index < -0.39 is 16.7 Å². The van der Waals surface area contributed by atoms with Crippen LogP contribution in [0.2, 0.25) is 0 Å². The van der Waals surface area contributed by atoms with E-state index in [1.54, 1.807) is 54.6 Å². The maximum atomic E-state index is 12.7. The van der Waals surface area contributed by atoms with E-state index in [0.717, 1.165) is 0 Å². The summed E-state index contributed by atoms with van der Waals surface area (Å²) in [6.07, 6.45) is -0.136. The molecule has 0 N–H and O–H groups in total. The van der Waals surface area contributed by atoms with E-state index in [4.69, 9.17) is 4.74 Å². The topological polar surface area (TPSA) is 43.4 Å². The fraction of sp³-hybridized carbons (Fsp3) is 0.263. The van der Waals surface area contributed by atoms with Crippen LogP contribution in [0, 0.1) is 0 Å². The first-order valence-corrected chi connectivity index (χ1v) is 8.78. The molecule has 0 aliphatic carbocycles. The molecule has 0 bridgehead atoms. The Kier molecular flexibility index (Phi) is 6.85. The Morgan fingerprint density at radius 1 is 1.00 bits per heavy atom. The van der Waals surface area contributed by atoms with Gasteiger partial charge in [-0.2, -0.15) is 13.2 Å². The predicted octanol–water partition coefficient (Wildman–Crippen LogP) is 4.64. The van der Waals surface area contributed by atoms with Gasteiger partial charge in [-0.25, -0.2) is 0 Å². The summed E-state index contributed by atoms with van der Waals surface area (Å²) in [5.41, 5.74) is -3.07. The molecule has 0 aromatic heterocycles. The van der Waals surface area contributed by atoms with Crippen molar-refractivity contribution in [3.8, 4) is 0 Å². The van der Waals surface area contributed by atoms with Crippen LogP contribution in [0.5, 0.6) is 0 Å². The summed E-state index contributed by atoms with van der Waals surface area (Å²) in [7, 11) is 0. The SMILES string of the molecule is CCOC(=O)C(Cc1ccc(C(=O)c2ccccc2)cc1)SC(F)(F)F. The summed E-state index contributed by atoms with van der Waals surface area (Å²) in [6, 6.07) is 14.9. The standard InChI is InChI=1S/C19H17F3O3S/c1-2-25-18(24)16(26-19(20,21)22)12-13-8-10-15(11-9-13)17(23)14-6-4-3-5-7-14/h3-11,16H,2,12H2,1H3. The van der Waals surface area contributed by atoms with Gasteiger partial charge in [0.2, 0.25) is 0 Å². The van der Waals surface area contributed by atoms with Gasteiger partial charge in [-0.3, -0.25) is 9.59 Å². The number of thioether (sulfide) groups is 1. The number of carbonyl (C=O) groups excluding carboxylic acids is 2. The Balaban J connectivity index is 2.12. The molecule has 0 saturated carbocycles. The summed E-state index contributed by atoms with van der Waals surface area (Å²) in [4.78, 5) is 24.1. The van der Waals surface area contributed by atoms with E-state index in [0.29, 0.717) is 16.7 Å². The van der Waals surface area contributed by atoms with E-state index in [1.807, 2.05) is 0 Å². The molecule has 0 radical (unpaired) electrons. The molecule has 0 saturated heterocycles. The molecule has 7 heteroatoms. The normalized spacial score (nSPS) is 12.5. The average Bonchev–Trinajstić information content (AvgIpc) is 2.61. The van der Waals surface area contributed by atoms with Crippen LogP contribution in [0.25, 0.3) is 0 Å². The van der Waals surface area contributed by atoms with Crippen LogP contribution in [0.15, 0.2) is 54.6 Å². The van der Waals surface area contributed by atoms with Crippen LogP contribution >= 0.6 is 11.8 Å². The highest BCUT2D eigenvalue weighted by Crippen LogP contribution is 2.36. The van der Waals surface area contributed by atoms with E-state index in [-0.39, 0.29) is 30.6 Å². The van der Waals surface area contributed by atoms with E-state index in [2.05, 4.69) is 0 Å². The van der Waals surface area contributed by atoms with Crippen molar-refractivity contribution in [1.82, 2.24) is 0 Å². The predicted molar refractivity (Wildman–Crippen MR) is 94.1 cm³/mol. The minimum absolute atomic E-state index is 0.0122. The molecule has 1 atom stereocenters. The molecule has 2 aromatic carbocycles. The fourth-order valence-corrected chi connectivity index (χ4v) is 3.09. The lowest BCUT2D eigenvalue weighted by molar-refractivity contribution is -0.142. The maximum Gasteiger partial charge on any atom is 0.442 e. The Morgan fingerprint density at radius 2 is 1.58 bits per heavy atom. The molecule has 0 aliphatic rings. The van der Waals surface area contributed by atoms with Crippen molar-refractivity contribution in [2.45, 2.75) is 24.1 Å². The van der Waals surface area contributed by atoms with Gasteiger partial charge < -0.3 is 4.74 Å². The van der Waals surface area contributed by atoms with Crippen molar-refractivity contribution in [3.05, 3.63) is 71.3 Å². The highest BCUT2D eigenvalue weighted by Gasteiger charge is 2.37. The Labute approximate surface area is 153 Å². The van der Waals surface area contributed by atoms with Gasteiger partial charge in [-0.05, 0) is 30.7 Å². The van der Waals surface area contributed by atoms with Crippen LogP contribution in [-0.2, 0) is 16.0 Å². The van der Waals surface area contributed by atoms with Crippen LogP contribution < -0.4 is 0 Å². The summed E-state index contributed by atoms with van der Waals surface area (Å²) in [5.74, 6) is -1.08. The van der Waals surface area contributed by atoms with Gasteiger partial charge in [0, 0.05) is 11.1 Å². The number of halogens is 3. The number of benzene rings is 2. The maximum absolute atomic E-state index is 12.7. The molecule has 3 nitrogen and oxygen atoms in total. The Bertz CT molecular complexity index is 743. The van der Waals surface area contributed by atoms with Gasteiger partial charge >= 0.3 is 11.5 Å². The quantitative estimate of drug-likeness (QED) is 0.517. The number of hydrogen-bond donors (Lipinski definition) is 0. The van der Waals surface area contributed by atoms with Crippen LogP contribution in [0.3, 0.4) is 0 Å². The van der Waals surface area contributed by atoms with E-state index >= 15 is 0 Å². The second-order valence-corrected chi connectivity index (χ2v) is 6.67. The van der Waals surface area contributed by atoms with Crippen LogP contribution in [0.1, 0.15) is 28.4 Å². The number of esters is 1. The first kappa shape index (κ1) is 20.0. The molecule has 138 valence electrons. The van der Waals surface area contributed by atoms with Crippen molar-refractivity contribution >= 4 is 23.5 Å². The number of carbonyl (C=O) groups is 2. The van der Waals surface area contributed by atoms with Gasteiger partial charge in [0.25, 0.3) is 0 Å². The molecule has 0 amide bonds. The lowest BCUT2D eigenvalue weighted by atomic mass is 10.0. The summed E-state index contributed by atoms with van der Waals surface area (Å²) < 4.78 is 42.8. The minimum atomic E-state index is -4.54. The van der Waals surface area contributed by atoms with Crippen molar-refractivity contribution < 1.29 is 27.5 Å². The zero-order valence-electron chi connectivity index (χ0n) is 14.0. The molecule has 0 fully saturated rings. The van der Waals surface area contributed by atoms with Gasteiger partial charge in [0.05, 0.1) is 6.61 Å². The van der Waals surface area contributed by atoms with Crippen LogP contribution in [0.4, 0.5) is 13.2 Å². The first-order chi connectivity index (χ1) is 12.3. The number of ketones is 1. The smallest absolute Gasteiger partial charge is 0.442 e. The number of hydrogen-bond acceptors (Lipinski definition) is 4. The van der Waals surface area contributed by atoms with Gasteiger partial charge in [-0.1, -0.05) is 54.6 Å². The number of ether oxygens (including phenoxy) is 1. The molecule has 0 aliphatic heterocycles. The zero-order chi connectivity index (χ0) is 19.2. The third-order valence-corrected chi connectivity index (χ3v) is 4.41. The van der Waals surface area contributed by atoms with Gasteiger partial charge in [0.15, 0.2) is 5.78 Å². The second kappa shape index (κ2) is 8.89. The molecule has 2 aromatic rings. The molecule has 1 unspecified atom stereocenters. The van der Waals surface area contributed by atoms with Crippen molar-refractivity contribution in [2.75, 3.05) is 6.61 Å². The van der Waals surface area contributed by atoms with Gasteiger partial charge in [0.1, 0.15) is 5.25 Å². The lowest BCUT2D eigenvalue weighted by Crippen LogP contribution is -2.26. The largest absolute Gasteiger partial charge is 0.465 e. The average molecular weight is 382 g/mol. The van der Waals surface area contributed by atoms with Crippen molar-refractivity contribution in [3.63, 3.8) is 0 Å². The van der Waals surface area contributed by atoms with Crippen molar-refractivity contribution in [1.29, 1.82) is 0 Å². The monoisotopic (exact) mass is 382 g/mol. The van der Waals surface area contributed by atoms with Crippen molar-refractivity contribution in [2.24, 2.45) is 0 Å². The molecule has 26 heavy (non-hydrogen) atoms. The number of alkyl halides is 3. The third-order valence-electron chi connectivity index (χ3n) is 3.50. The fourth-order valence-electron chi connectivity index (χ4n) is 2.33. The molecular formula is C19H17F3O3S. The summed E-state index contributed by atoms with van der Waals surface area (Å²) in [5, 5.41) is -1.38. The highest BCUT2D eigenvalue weighted by atomic mass is 32.2. The molecule has 0 spiro atoms. The Morgan fingerprint density at radius 3 is 2.12 bits per heavy atom. The molecule has 2 rings (SSSR count). The highest BCUT2D eigenvalue weighted by molar-refractivity contribution is 8.01. The molecular weight excluding hydrogens is 365 g/mol. The second-order valence-electron chi connectivity index (χ2n) is 5.40. The summed E-state index contributed by atoms with van der Waals surface area (Å²) >= 11 is -0.389. The molecule has 0 heterocycles. The van der Waals surface area contributed by atoms with Crippen LogP contribution in [-0.4, -0.2) is 29.1 Å². The third kappa shape index (κ3) is 5.91. The lowest BCUT2D eigenvalue weighted by Gasteiger charge is -2.17. The van der Waals surface area contributed by atoms with E-state index in [9.17, 15) is 22.8 Å². The van der Waals surface area contributed by atoms with E-state index in [1.165, 1.54) is 6.92 Å². The van der Waals surface area contributed by atoms with Gasteiger partial charge in [-0.15, -0.1) is 0 Å². The number of rotatable bonds is 7. The first-order valence-electron chi connectivity index (χ1n) is 7.90. The summed E-state index contributed by atoms with van der Waals surface area (Å²) in [6.45, 7) is 1.55. The minimum Gasteiger partial charge on any atom is -0.465 e. The Hall–Kier alpha value is -2.28. The zero-order valence-corrected chi connectivity index (χ0v) is 14.8.